The molecule has 1 N–H and O–H groups in total. The molecule has 0 radical (unpaired) electrons. The standard InChI is InChI=1S/C18H24N2O4/c1-13(2)18(4,12-19)20-16(21)11-24-17(22)9-10-23-15-8-6-5-7-14(15)3/h5-8,13H,9-11H2,1-4H3,(H,20,21)/t18-/m1/s1. The first-order valence-electron chi connectivity index (χ1n) is 7.85. The fourth-order valence-electron chi connectivity index (χ4n) is 1.81. The molecule has 0 saturated heterocycles. The molecule has 0 aromatic heterocycles. The first-order valence-corrected chi connectivity index (χ1v) is 7.85. The highest BCUT2D eigenvalue weighted by Gasteiger charge is 2.30. The predicted molar refractivity (Wildman–Crippen MR) is 89.2 cm³/mol. The van der Waals surface area contributed by atoms with Crippen LogP contribution in [-0.2, 0) is 14.3 Å². The van der Waals surface area contributed by atoms with Gasteiger partial charge in [-0.15, -0.1) is 0 Å². The Morgan fingerprint density at radius 3 is 2.58 bits per heavy atom. The van der Waals surface area contributed by atoms with Crippen molar-refractivity contribution in [2.45, 2.75) is 39.7 Å². The highest BCUT2D eigenvalue weighted by atomic mass is 16.5. The quantitative estimate of drug-likeness (QED) is 0.738. The molecule has 0 unspecified atom stereocenters. The van der Waals surface area contributed by atoms with Crippen molar-refractivity contribution in [1.82, 2.24) is 5.32 Å². The molecule has 0 aliphatic heterocycles. The van der Waals surface area contributed by atoms with Crippen LogP contribution in [0.25, 0.3) is 0 Å². The van der Waals surface area contributed by atoms with Crippen molar-refractivity contribution in [3.8, 4) is 11.8 Å². The van der Waals surface area contributed by atoms with E-state index in [1.54, 1.807) is 6.92 Å². The Hall–Kier alpha value is -2.55. The molecule has 0 saturated carbocycles. The van der Waals surface area contributed by atoms with Crippen LogP contribution in [0.15, 0.2) is 24.3 Å². The lowest BCUT2D eigenvalue weighted by atomic mass is 9.90. The van der Waals surface area contributed by atoms with Crippen LogP contribution in [0.1, 0.15) is 32.8 Å². The summed E-state index contributed by atoms with van der Waals surface area (Å²) in [6.45, 7) is 6.98. The third-order valence-electron chi connectivity index (χ3n) is 3.81. The predicted octanol–water partition coefficient (Wildman–Crippen LogP) is 2.36. The molecule has 24 heavy (non-hydrogen) atoms. The largest absolute Gasteiger partial charge is 0.493 e. The van der Waals surface area contributed by atoms with Gasteiger partial charge in [0.25, 0.3) is 5.91 Å². The number of nitriles is 1. The summed E-state index contributed by atoms with van der Waals surface area (Å²) in [5, 5.41) is 11.7. The van der Waals surface area contributed by atoms with Crippen molar-refractivity contribution in [3.63, 3.8) is 0 Å². The van der Waals surface area contributed by atoms with Crippen LogP contribution in [-0.4, -0.2) is 30.6 Å². The summed E-state index contributed by atoms with van der Waals surface area (Å²) < 4.78 is 10.4. The topological polar surface area (TPSA) is 88.4 Å². The van der Waals surface area contributed by atoms with Gasteiger partial charge >= 0.3 is 5.97 Å². The van der Waals surface area contributed by atoms with E-state index in [0.717, 1.165) is 5.56 Å². The summed E-state index contributed by atoms with van der Waals surface area (Å²) in [6, 6.07) is 9.56. The number of hydrogen-bond acceptors (Lipinski definition) is 5. The Bertz CT molecular complexity index is 622. The average Bonchev–Trinajstić information content (AvgIpc) is 2.54. The fraction of sp³-hybridized carbons (Fsp3) is 0.500. The molecule has 1 aromatic rings. The second kappa shape index (κ2) is 8.92. The zero-order valence-electron chi connectivity index (χ0n) is 14.6. The fourth-order valence-corrected chi connectivity index (χ4v) is 1.81. The summed E-state index contributed by atoms with van der Waals surface area (Å²) in [4.78, 5) is 23.4. The Labute approximate surface area is 142 Å². The molecule has 0 aliphatic carbocycles. The minimum atomic E-state index is -0.989. The number of ether oxygens (including phenoxy) is 2. The maximum Gasteiger partial charge on any atom is 0.309 e. The number of carbonyl (C=O) groups is 2. The Balaban J connectivity index is 2.32. The maximum atomic E-state index is 11.8. The minimum absolute atomic E-state index is 0.0430. The highest BCUT2D eigenvalue weighted by Crippen LogP contribution is 2.16. The molecule has 0 aliphatic rings. The van der Waals surface area contributed by atoms with Gasteiger partial charge in [-0.05, 0) is 31.4 Å². The van der Waals surface area contributed by atoms with Crippen molar-refractivity contribution in [2.75, 3.05) is 13.2 Å². The number of aryl methyl sites for hydroxylation is 1. The lowest BCUT2D eigenvalue weighted by Crippen LogP contribution is -2.50. The maximum absolute atomic E-state index is 11.8. The normalized spacial score (nSPS) is 12.8. The van der Waals surface area contributed by atoms with Crippen LogP contribution in [0.3, 0.4) is 0 Å². The number of para-hydroxylation sites is 1. The number of esters is 1. The molecule has 6 heteroatoms. The van der Waals surface area contributed by atoms with E-state index < -0.39 is 24.0 Å². The number of nitrogens with zero attached hydrogens (tertiary/aromatic N) is 1. The Morgan fingerprint density at radius 1 is 1.33 bits per heavy atom. The monoisotopic (exact) mass is 332 g/mol. The van der Waals surface area contributed by atoms with Crippen LogP contribution < -0.4 is 10.1 Å². The van der Waals surface area contributed by atoms with Gasteiger partial charge in [0.1, 0.15) is 11.3 Å². The van der Waals surface area contributed by atoms with Crippen LogP contribution in [0, 0.1) is 24.2 Å². The van der Waals surface area contributed by atoms with E-state index in [2.05, 4.69) is 11.4 Å². The van der Waals surface area contributed by atoms with E-state index in [1.807, 2.05) is 45.0 Å². The van der Waals surface area contributed by atoms with Crippen molar-refractivity contribution in [3.05, 3.63) is 29.8 Å². The Morgan fingerprint density at radius 2 is 2.00 bits per heavy atom. The summed E-state index contributed by atoms with van der Waals surface area (Å²) in [5.74, 6) is -0.378. The average molecular weight is 332 g/mol. The first kappa shape index (κ1) is 19.5. The summed E-state index contributed by atoms with van der Waals surface area (Å²) in [6.07, 6.45) is 0.0430. The molecule has 130 valence electrons. The van der Waals surface area contributed by atoms with Gasteiger partial charge in [0.15, 0.2) is 6.61 Å². The highest BCUT2D eigenvalue weighted by molar-refractivity contribution is 5.81. The minimum Gasteiger partial charge on any atom is -0.493 e. The molecule has 0 heterocycles. The van der Waals surface area contributed by atoms with Gasteiger partial charge in [-0.1, -0.05) is 32.0 Å². The van der Waals surface area contributed by atoms with Crippen molar-refractivity contribution >= 4 is 11.9 Å². The number of benzene rings is 1. The third-order valence-corrected chi connectivity index (χ3v) is 3.81. The van der Waals surface area contributed by atoms with Gasteiger partial charge in [-0.3, -0.25) is 9.59 Å². The summed E-state index contributed by atoms with van der Waals surface area (Å²) >= 11 is 0. The zero-order chi connectivity index (χ0) is 18.2. The molecule has 1 amide bonds. The van der Waals surface area contributed by atoms with Gasteiger partial charge in [0, 0.05) is 0 Å². The van der Waals surface area contributed by atoms with Crippen molar-refractivity contribution in [1.29, 1.82) is 5.26 Å². The van der Waals surface area contributed by atoms with E-state index in [0.29, 0.717) is 5.75 Å². The molecule has 1 aromatic carbocycles. The van der Waals surface area contributed by atoms with Crippen LogP contribution in [0.5, 0.6) is 5.75 Å². The van der Waals surface area contributed by atoms with E-state index >= 15 is 0 Å². The molecule has 1 atom stereocenters. The smallest absolute Gasteiger partial charge is 0.309 e. The van der Waals surface area contributed by atoms with Gasteiger partial charge in [0.2, 0.25) is 0 Å². The first-order chi connectivity index (χ1) is 11.3. The molecule has 6 nitrogen and oxygen atoms in total. The van der Waals surface area contributed by atoms with Gasteiger partial charge in [-0.2, -0.15) is 5.26 Å². The summed E-state index contributed by atoms with van der Waals surface area (Å²) in [7, 11) is 0. The number of nitrogens with one attached hydrogen (secondary N) is 1. The zero-order valence-corrected chi connectivity index (χ0v) is 14.6. The van der Waals surface area contributed by atoms with E-state index in [4.69, 9.17) is 14.7 Å². The van der Waals surface area contributed by atoms with Crippen molar-refractivity contribution in [2.24, 2.45) is 5.92 Å². The second-order valence-electron chi connectivity index (χ2n) is 6.04. The van der Waals surface area contributed by atoms with E-state index in [1.165, 1.54) is 0 Å². The Kier molecular flexibility index (Phi) is 7.25. The summed E-state index contributed by atoms with van der Waals surface area (Å²) in [5.41, 5.74) is -0.00743. The van der Waals surface area contributed by atoms with E-state index in [-0.39, 0.29) is 18.9 Å². The van der Waals surface area contributed by atoms with Crippen LogP contribution in [0.4, 0.5) is 0 Å². The molecule has 0 bridgehead atoms. The molecule has 0 fully saturated rings. The molecular formula is C18H24N2O4. The SMILES string of the molecule is Cc1ccccc1OCCC(=O)OCC(=O)N[C@](C)(C#N)C(C)C. The molecule has 0 spiro atoms. The van der Waals surface area contributed by atoms with Gasteiger partial charge in [-0.25, -0.2) is 0 Å². The number of rotatable bonds is 8. The number of amides is 1. The number of hydrogen-bond donors (Lipinski definition) is 1. The number of carbonyl (C=O) groups excluding carboxylic acids is 2. The van der Waals surface area contributed by atoms with Crippen LogP contribution in [0.2, 0.25) is 0 Å². The van der Waals surface area contributed by atoms with Crippen molar-refractivity contribution < 1.29 is 19.1 Å². The van der Waals surface area contributed by atoms with E-state index in [9.17, 15) is 9.59 Å². The van der Waals surface area contributed by atoms with Crippen LogP contribution >= 0.6 is 0 Å². The molecular weight excluding hydrogens is 308 g/mol. The van der Waals surface area contributed by atoms with Gasteiger partial charge < -0.3 is 14.8 Å². The lowest BCUT2D eigenvalue weighted by molar-refractivity contribution is -0.149. The van der Waals surface area contributed by atoms with Gasteiger partial charge in [0.05, 0.1) is 19.1 Å². The molecule has 1 rings (SSSR count). The second-order valence-corrected chi connectivity index (χ2v) is 6.04. The third kappa shape index (κ3) is 5.92. The lowest BCUT2D eigenvalue weighted by Gasteiger charge is -2.27.